The molecule has 0 heterocycles. The monoisotopic (exact) mass is 208 g/mol. The Morgan fingerprint density at radius 2 is 0.562 bits per heavy atom. The molecule has 0 aliphatic heterocycles. The van der Waals surface area contributed by atoms with E-state index in [1.54, 1.807) is 25.7 Å². The molecule has 80 valence electrons. The van der Waals surface area contributed by atoms with Crippen molar-refractivity contribution < 1.29 is 0 Å². The van der Waals surface area contributed by atoms with Crippen LogP contribution >= 0.6 is 0 Å². The van der Waals surface area contributed by atoms with Gasteiger partial charge < -0.3 is 0 Å². The van der Waals surface area contributed by atoms with Crippen LogP contribution in [0.15, 0.2) is 0 Å². The number of rotatable bonds is 0. The Labute approximate surface area is 95.2 Å². The molecule has 0 radical (unpaired) electrons. The van der Waals surface area contributed by atoms with Crippen LogP contribution in [-0.4, -0.2) is 0 Å². The average molecular weight is 208 g/mol. The van der Waals surface area contributed by atoms with Gasteiger partial charge in [-0.1, -0.05) is 0 Å². The second-order valence-corrected chi connectivity index (χ2v) is 9.27. The second kappa shape index (κ2) is 1.09. The molecule has 0 nitrogen and oxygen atoms in total. The highest BCUT2D eigenvalue weighted by atomic mass is 15.3. The van der Waals surface area contributed by atoms with E-state index in [4.69, 9.17) is 0 Å². The molecule has 0 aromatic carbocycles. The Morgan fingerprint density at radius 3 is 0.750 bits per heavy atom. The van der Waals surface area contributed by atoms with Crippen molar-refractivity contribution in [3.05, 3.63) is 0 Å². The molecule has 0 bridgehead atoms. The fourth-order valence-electron chi connectivity index (χ4n) is 12.7. The third-order valence-electron chi connectivity index (χ3n) is 11.4. The van der Waals surface area contributed by atoms with Gasteiger partial charge in [0.2, 0.25) is 0 Å². The highest BCUT2D eigenvalue weighted by Gasteiger charge is 3.23. The maximum atomic E-state index is 1.71. The van der Waals surface area contributed by atoms with Gasteiger partial charge in [-0.3, -0.25) is 0 Å². The molecule has 9 aliphatic rings. The summed E-state index contributed by atoms with van der Waals surface area (Å²) >= 11 is 0. The van der Waals surface area contributed by atoms with E-state index >= 15 is 0 Å². The van der Waals surface area contributed by atoms with Crippen molar-refractivity contribution in [1.82, 2.24) is 0 Å². The van der Waals surface area contributed by atoms with Crippen LogP contribution in [0.5, 0.6) is 0 Å². The van der Waals surface area contributed by atoms with Crippen molar-refractivity contribution in [3.8, 4) is 0 Å². The molecule has 16 heavy (non-hydrogen) atoms. The van der Waals surface area contributed by atoms with E-state index < -0.39 is 0 Å². The minimum absolute atomic E-state index is 1.09. The van der Waals surface area contributed by atoms with Gasteiger partial charge in [0.25, 0.3) is 0 Å². The molecular weight excluding hydrogens is 192 g/mol. The lowest BCUT2D eigenvalue weighted by Crippen LogP contribution is -3.22. The van der Waals surface area contributed by atoms with Crippen molar-refractivity contribution in [2.45, 2.75) is 25.7 Å². The van der Waals surface area contributed by atoms with Crippen molar-refractivity contribution >= 4 is 0 Å². The third kappa shape index (κ3) is 0.176. The largest absolute Gasteiger partial charge is 0.0458 e. The number of hydrogen-bond donors (Lipinski definition) is 0. The Bertz CT molecular complexity index is 433. The van der Waals surface area contributed by atoms with Crippen LogP contribution in [0, 0.1) is 69.0 Å². The molecule has 4 spiro atoms. The third-order valence-corrected chi connectivity index (χ3v) is 11.4. The van der Waals surface area contributed by atoms with Gasteiger partial charge in [-0.25, -0.2) is 0 Å². The highest BCUT2D eigenvalue weighted by Crippen LogP contribution is 3.26. The first-order valence-electron chi connectivity index (χ1n) is 7.91. The zero-order chi connectivity index (χ0) is 9.45. The summed E-state index contributed by atoms with van der Waals surface area (Å²) in [4.78, 5) is 0. The molecule has 4 unspecified atom stereocenters. The summed E-state index contributed by atoms with van der Waals surface area (Å²) in [6, 6.07) is 0. The maximum absolute atomic E-state index is 1.71. The van der Waals surface area contributed by atoms with Crippen molar-refractivity contribution in [2.75, 3.05) is 0 Å². The lowest BCUT2D eigenvalue weighted by molar-refractivity contribution is -0.796. The van der Waals surface area contributed by atoms with Gasteiger partial charge in [-0.05, 0) is 94.7 Å². The van der Waals surface area contributed by atoms with Crippen molar-refractivity contribution in [2.24, 2.45) is 69.0 Å². The van der Waals surface area contributed by atoms with Crippen LogP contribution in [0.2, 0.25) is 0 Å². The summed E-state index contributed by atoms with van der Waals surface area (Å²) in [5.41, 5.74) is 4.37. The molecule has 0 N–H and O–H groups in total. The minimum atomic E-state index is 1.09. The molecular formula is C16H16. The van der Waals surface area contributed by atoms with Gasteiger partial charge in [0.1, 0.15) is 0 Å². The van der Waals surface area contributed by atoms with Gasteiger partial charge >= 0.3 is 0 Å². The van der Waals surface area contributed by atoms with Gasteiger partial charge in [0.05, 0.1) is 0 Å². The SMILES string of the molecule is C1C2C3C[C@H]4[C@H]5CC6C7C[C@H]8[C@@H]1C21C78C65C341. The fourth-order valence-corrected chi connectivity index (χ4v) is 12.7. The van der Waals surface area contributed by atoms with Crippen molar-refractivity contribution in [1.29, 1.82) is 0 Å². The first-order valence-corrected chi connectivity index (χ1v) is 7.91. The zero-order valence-electron chi connectivity index (χ0n) is 9.45. The van der Waals surface area contributed by atoms with Crippen LogP contribution in [0.1, 0.15) is 25.7 Å². The van der Waals surface area contributed by atoms with Crippen LogP contribution in [0.25, 0.3) is 0 Å². The Balaban J connectivity index is 1.51. The Kier molecular flexibility index (Phi) is 0.425. The van der Waals surface area contributed by atoms with E-state index in [1.165, 1.54) is 47.3 Å². The molecule has 0 aromatic heterocycles. The Hall–Kier alpha value is 0. The topological polar surface area (TPSA) is 0 Å². The van der Waals surface area contributed by atoms with E-state index in [0.717, 1.165) is 21.7 Å². The van der Waals surface area contributed by atoms with Gasteiger partial charge in [-0.15, -0.1) is 0 Å². The van der Waals surface area contributed by atoms with Crippen LogP contribution in [0.3, 0.4) is 0 Å². The van der Waals surface area contributed by atoms with E-state index in [1.807, 2.05) is 0 Å². The molecule has 8 atom stereocenters. The lowest BCUT2D eigenvalue weighted by atomic mass is 8.78. The Morgan fingerprint density at radius 1 is 0.375 bits per heavy atom. The summed E-state index contributed by atoms with van der Waals surface area (Å²) in [6.07, 6.45) is 6.85. The second-order valence-electron chi connectivity index (χ2n) is 9.27. The standard InChI is InChI=1S/C16H16/c1-5-7-2-9-11-4-12-10-3-8-6(1)13(5)14(7,9)16(11,12)15(8,10)13/h5-12H,1-4H2/t5-,6?,7+,8?,9?,10+,11?,12-,13?,14?,15?,16?. The molecule has 0 amide bonds. The lowest BCUT2D eigenvalue weighted by Gasteiger charge is -3.25. The summed E-state index contributed by atoms with van der Waals surface area (Å²) in [7, 11) is 0. The van der Waals surface area contributed by atoms with Gasteiger partial charge in [0, 0.05) is 0 Å². The molecule has 9 aliphatic carbocycles. The number of fused-ring (bicyclic) bond motifs is 4. The van der Waals surface area contributed by atoms with Gasteiger partial charge in [0.15, 0.2) is 0 Å². The highest BCUT2D eigenvalue weighted by molar-refractivity contribution is 5.68. The number of hydrogen-bond acceptors (Lipinski definition) is 0. The van der Waals surface area contributed by atoms with Crippen LogP contribution in [-0.2, 0) is 0 Å². The summed E-state index contributed by atoms with van der Waals surface area (Å²) in [5.74, 6) is 10.5. The quantitative estimate of drug-likeness (QED) is 0.574. The van der Waals surface area contributed by atoms with Crippen LogP contribution < -0.4 is 0 Å². The maximum Gasteiger partial charge on any atom is -0.00995 e. The molecule has 9 fully saturated rings. The molecule has 0 saturated heterocycles. The smallest absolute Gasteiger partial charge is 0.00995 e. The summed E-state index contributed by atoms with van der Waals surface area (Å²) in [5, 5.41) is 0. The predicted octanol–water partition coefficient (Wildman–Crippen LogP) is 2.54. The van der Waals surface area contributed by atoms with E-state index in [9.17, 15) is 0 Å². The van der Waals surface area contributed by atoms with E-state index in [-0.39, 0.29) is 0 Å². The normalized spacial score (nSPS) is 108. The predicted molar refractivity (Wildman–Crippen MR) is 56.1 cm³/mol. The van der Waals surface area contributed by atoms with Crippen molar-refractivity contribution in [3.63, 3.8) is 0 Å². The molecule has 9 saturated carbocycles. The first kappa shape index (κ1) is 6.25. The minimum Gasteiger partial charge on any atom is -0.0458 e. The first-order chi connectivity index (χ1) is 7.91. The molecule has 0 aromatic rings. The zero-order valence-corrected chi connectivity index (χ0v) is 9.45. The van der Waals surface area contributed by atoms with Crippen LogP contribution in [0.4, 0.5) is 0 Å². The van der Waals surface area contributed by atoms with E-state index in [2.05, 4.69) is 0 Å². The fraction of sp³-hybridized carbons (Fsp3) is 1.00. The summed E-state index contributed by atoms with van der Waals surface area (Å²) < 4.78 is 0. The van der Waals surface area contributed by atoms with Gasteiger partial charge in [-0.2, -0.15) is 0 Å². The molecule has 9 rings (SSSR count). The average Bonchev–Trinajstić information content (AvgIpc) is 2.09. The summed E-state index contributed by atoms with van der Waals surface area (Å²) in [6.45, 7) is 0. The van der Waals surface area contributed by atoms with E-state index in [0.29, 0.717) is 0 Å². The molecule has 0 heteroatoms.